The van der Waals surface area contributed by atoms with Crippen LogP contribution < -0.4 is 4.74 Å². The number of hydrogen-bond acceptors (Lipinski definition) is 4. The van der Waals surface area contributed by atoms with Crippen LogP contribution in [0.15, 0.2) is 24.3 Å². The van der Waals surface area contributed by atoms with Gasteiger partial charge in [-0.3, -0.25) is 0 Å². The average Bonchev–Trinajstić information content (AvgIpc) is 2.18. The zero-order valence-corrected chi connectivity index (χ0v) is 7.80. The van der Waals surface area contributed by atoms with Gasteiger partial charge in [-0.2, -0.15) is 0 Å². The number of aliphatic hydroxyl groups is 2. The Balaban J connectivity index is 2.90. The molecule has 0 aromatic heterocycles. The van der Waals surface area contributed by atoms with Gasteiger partial charge in [-0.1, -0.05) is 0 Å². The first-order valence-electron chi connectivity index (χ1n) is 4.13. The first-order valence-corrected chi connectivity index (χ1v) is 4.13. The minimum absolute atomic E-state index is 0.269. The van der Waals surface area contributed by atoms with Crippen LogP contribution in [0.4, 0.5) is 0 Å². The van der Waals surface area contributed by atoms with Crippen LogP contribution in [0.5, 0.6) is 5.75 Å². The first kappa shape index (κ1) is 10.7. The van der Waals surface area contributed by atoms with Crippen molar-refractivity contribution in [1.29, 1.82) is 0 Å². The van der Waals surface area contributed by atoms with Gasteiger partial charge in [0, 0.05) is 5.56 Å². The molecule has 2 N–H and O–H groups in total. The minimum Gasteiger partial charge on any atom is -0.497 e. The number of carbonyl (C=O) groups excluding carboxylic acids is 1. The first-order chi connectivity index (χ1) is 6.60. The fraction of sp³-hybridized carbons (Fsp3) is 0.300. The second-order valence-electron chi connectivity index (χ2n) is 2.92. The van der Waals surface area contributed by atoms with Crippen LogP contribution in [-0.2, 0) is 10.6 Å². The van der Waals surface area contributed by atoms with Gasteiger partial charge in [0.1, 0.15) is 12.0 Å². The van der Waals surface area contributed by atoms with E-state index in [4.69, 9.17) is 4.74 Å². The maximum absolute atomic E-state index is 10.2. The Labute approximate surface area is 81.8 Å². The number of rotatable bonds is 4. The molecule has 0 atom stereocenters. The van der Waals surface area contributed by atoms with Crippen LogP contribution in [0.1, 0.15) is 12.0 Å². The van der Waals surface area contributed by atoms with Crippen LogP contribution in [0.25, 0.3) is 0 Å². The van der Waals surface area contributed by atoms with Crippen molar-refractivity contribution >= 4 is 6.29 Å². The molecule has 1 aromatic carbocycles. The minimum atomic E-state index is -2.09. The molecular formula is C10H12O4. The lowest BCUT2D eigenvalue weighted by Gasteiger charge is -2.19. The molecule has 1 aromatic rings. The van der Waals surface area contributed by atoms with Gasteiger partial charge in [0.05, 0.1) is 13.5 Å². The van der Waals surface area contributed by atoms with E-state index in [2.05, 4.69) is 0 Å². The van der Waals surface area contributed by atoms with Crippen molar-refractivity contribution in [2.75, 3.05) is 7.11 Å². The highest BCUT2D eigenvalue weighted by atomic mass is 16.5. The van der Waals surface area contributed by atoms with E-state index in [1.807, 2.05) is 0 Å². The highest BCUT2D eigenvalue weighted by Gasteiger charge is 2.24. The molecule has 0 fully saturated rings. The summed E-state index contributed by atoms with van der Waals surface area (Å²) in [6, 6.07) is 6.20. The Hall–Kier alpha value is -1.39. The average molecular weight is 196 g/mol. The summed E-state index contributed by atoms with van der Waals surface area (Å²) in [6.45, 7) is 0. The summed E-state index contributed by atoms with van der Waals surface area (Å²) in [5.74, 6) is -1.47. The number of aldehydes is 1. The van der Waals surface area contributed by atoms with Crippen molar-refractivity contribution in [3.8, 4) is 5.75 Å². The highest BCUT2D eigenvalue weighted by Crippen LogP contribution is 2.22. The lowest BCUT2D eigenvalue weighted by Crippen LogP contribution is -2.25. The van der Waals surface area contributed by atoms with E-state index < -0.39 is 5.79 Å². The van der Waals surface area contributed by atoms with Crippen molar-refractivity contribution in [3.63, 3.8) is 0 Å². The summed E-state index contributed by atoms with van der Waals surface area (Å²) in [5.41, 5.74) is 0.269. The molecule has 0 saturated carbocycles. The van der Waals surface area contributed by atoms with Gasteiger partial charge in [0.25, 0.3) is 0 Å². The fourth-order valence-electron chi connectivity index (χ4n) is 1.09. The number of benzene rings is 1. The molecule has 0 aliphatic heterocycles. The Bertz CT molecular complexity index is 302. The predicted molar refractivity (Wildman–Crippen MR) is 49.8 cm³/mol. The highest BCUT2D eigenvalue weighted by molar-refractivity contribution is 5.52. The van der Waals surface area contributed by atoms with E-state index in [0.717, 1.165) is 0 Å². The molecule has 76 valence electrons. The summed E-state index contributed by atoms with van der Waals surface area (Å²) in [6.07, 6.45) is 0.115. The molecule has 0 bridgehead atoms. The Morgan fingerprint density at radius 1 is 1.36 bits per heavy atom. The Morgan fingerprint density at radius 2 is 1.93 bits per heavy atom. The molecule has 0 spiro atoms. The third-order valence-electron chi connectivity index (χ3n) is 1.92. The summed E-state index contributed by atoms with van der Waals surface area (Å²) in [7, 11) is 1.52. The van der Waals surface area contributed by atoms with Gasteiger partial charge >= 0.3 is 0 Å². The second kappa shape index (κ2) is 4.21. The standard InChI is InChI=1S/C10H12O4/c1-14-9-4-2-8(3-5-9)10(12,13)6-7-11/h2-5,7,12-13H,6H2,1H3. The van der Waals surface area contributed by atoms with Gasteiger partial charge in [0.15, 0.2) is 5.79 Å². The molecule has 4 nitrogen and oxygen atoms in total. The third kappa shape index (κ3) is 2.31. The predicted octanol–water partition coefficient (Wildman–Crippen LogP) is 0.422. The molecule has 0 aliphatic carbocycles. The smallest absolute Gasteiger partial charge is 0.196 e. The monoisotopic (exact) mass is 196 g/mol. The van der Waals surface area contributed by atoms with E-state index in [1.165, 1.54) is 19.2 Å². The summed E-state index contributed by atoms with van der Waals surface area (Å²) in [4.78, 5) is 10.2. The van der Waals surface area contributed by atoms with Gasteiger partial charge in [-0.15, -0.1) is 0 Å². The zero-order valence-electron chi connectivity index (χ0n) is 7.80. The van der Waals surface area contributed by atoms with E-state index in [0.29, 0.717) is 12.0 Å². The largest absolute Gasteiger partial charge is 0.497 e. The zero-order chi connectivity index (χ0) is 10.6. The summed E-state index contributed by atoms with van der Waals surface area (Å²) in [5, 5.41) is 18.9. The quantitative estimate of drug-likeness (QED) is 0.541. The molecule has 0 unspecified atom stereocenters. The van der Waals surface area contributed by atoms with Crippen molar-refractivity contribution in [1.82, 2.24) is 0 Å². The van der Waals surface area contributed by atoms with Gasteiger partial charge in [-0.25, -0.2) is 0 Å². The SMILES string of the molecule is COc1ccc(C(O)(O)CC=O)cc1. The molecule has 4 heteroatoms. The second-order valence-corrected chi connectivity index (χ2v) is 2.92. The van der Waals surface area contributed by atoms with E-state index in [-0.39, 0.29) is 12.0 Å². The molecule has 0 heterocycles. The summed E-state index contributed by atoms with van der Waals surface area (Å²) >= 11 is 0. The molecular weight excluding hydrogens is 184 g/mol. The third-order valence-corrected chi connectivity index (χ3v) is 1.92. The Kier molecular flexibility index (Phi) is 3.22. The van der Waals surface area contributed by atoms with E-state index in [1.54, 1.807) is 12.1 Å². The maximum Gasteiger partial charge on any atom is 0.196 e. The van der Waals surface area contributed by atoms with Crippen LogP contribution >= 0.6 is 0 Å². The number of methoxy groups -OCH3 is 1. The van der Waals surface area contributed by atoms with Crippen molar-refractivity contribution < 1.29 is 19.7 Å². The van der Waals surface area contributed by atoms with Crippen LogP contribution in [-0.4, -0.2) is 23.6 Å². The van der Waals surface area contributed by atoms with E-state index in [9.17, 15) is 15.0 Å². The van der Waals surface area contributed by atoms with Gasteiger partial charge in [0.2, 0.25) is 0 Å². The maximum atomic E-state index is 10.2. The lowest BCUT2D eigenvalue weighted by molar-refractivity contribution is -0.173. The lowest BCUT2D eigenvalue weighted by atomic mass is 10.0. The van der Waals surface area contributed by atoms with Crippen molar-refractivity contribution in [3.05, 3.63) is 29.8 Å². The number of hydrogen-bond donors (Lipinski definition) is 2. The summed E-state index contributed by atoms with van der Waals surface area (Å²) < 4.78 is 4.91. The Morgan fingerprint density at radius 3 is 2.36 bits per heavy atom. The molecule has 0 radical (unpaired) electrons. The van der Waals surface area contributed by atoms with Crippen LogP contribution in [0, 0.1) is 0 Å². The van der Waals surface area contributed by atoms with Gasteiger partial charge < -0.3 is 19.7 Å². The van der Waals surface area contributed by atoms with Crippen LogP contribution in [0.2, 0.25) is 0 Å². The van der Waals surface area contributed by atoms with Crippen molar-refractivity contribution in [2.45, 2.75) is 12.2 Å². The molecule has 14 heavy (non-hydrogen) atoms. The van der Waals surface area contributed by atoms with Crippen LogP contribution in [0.3, 0.4) is 0 Å². The molecule has 0 saturated heterocycles. The molecule has 0 aliphatic rings. The number of ether oxygens (including phenoxy) is 1. The van der Waals surface area contributed by atoms with E-state index >= 15 is 0 Å². The normalized spacial score (nSPS) is 11.1. The topological polar surface area (TPSA) is 66.8 Å². The van der Waals surface area contributed by atoms with Gasteiger partial charge in [-0.05, 0) is 24.3 Å². The fourth-order valence-corrected chi connectivity index (χ4v) is 1.09. The number of carbonyl (C=O) groups is 1. The molecule has 0 amide bonds. The van der Waals surface area contributed by atoms with Crippen molar-refractivity contribution in [2.24, 2.45) is 0 Å². The molecule has 1 rings (SSSR count).